The number of benzene rings is 3. The molecule has 2 aromatic heterocycles. The SMILES string of the molecule is CN(c1ccccc1)S(=O)(=O)c1ccc(C(=O)N(Cc2ccncc2)c2nc3c(C(F)(F)F)cccc3s2)cc1. The number of thiazole rings is 1. The molecule has 0 aliphatic rings. The monoisotopic (exact) mass is 582 g/mol. The molecule has 0 unspecified atom stereocenters. The van der Waals surface area contributed by atoms with Crippen LogP contribution < -0.4 is 9.21 Å². The molecule has 40 heavy (non-hydrogen) atoms. The van der Waals surface area contributed by atoms with Gasteiger partial charge in [0.25, 0.3) is 15.9 Å². The van der Waals surface area contributed by atoms with Gasteiger partial charge in [0.2, 0.25) is 0 Å². The van der Waals surface area contributed by atoms with Crippen LogP contribution in [0.4, 0.5) is 24.0 Å². The van der Waals surface area contributed by atoms with Crippen LogP contribution in [0.15, 0.2) is 102 Å². The maximum absolute atomic E-state index is 13.7. The molecule has 0 aliphatic carbocycles. The number of para-hydroxylation sites is 2. The molecule has 0 aliphatic heterocycles. The van der Waals surface area contributed by atoms with Gasteiger partial charge >= 0.3 is 6.18 Å². The molecule has 2 heterocycles. The highest BCUT2D eigenvalue weighted by Gasteiger charge is 2.34. The molecule has 0 N–H and O–H groups in total. The number of hydrogen-bond acceptors (Lipinski definition) is 6. The number of carbonyl (C=O) groups excluding carboxylic acids is 1. The fraction of sp³-hybridized carbons (Fsp3) is 0.107. The van der Waals surface area contributed by atoms with E-state index in [9.17, 15) is 26.4 Å². The third-order valence-electron chi connectivity index (χ3n) is 6.16. The Morgan fingerprint density at radius 1 is 0.900 bits per heavy atom. The van der Waals surface area contributed by atoms with Crippen molar-refractivity contribution in [2.24, 2.45) is 0 Å². The lowest BCUT2D eigenvalue weighted by Crippen LogP contribution is -2.30. The average molecular weight is 583 g/mol. The molecule has 12 heteroatoms. The minimum Gasteiger partial charge on any atom is -0.279 e. The molecule has 5 rings (SSSR count). The summed E-state index contributed by atoms with van der Waals surface area (Å²) in [4.78, 5) is 23.2. The molecule has 3 aromatic carbocycles. The van der Waals surface area contributed by atoms with Crippen LogP contribution >= 0.6 is 11.3 Å². The fourth-order valence-electron chi connectivity index (χ4n) is 4.04. The number of sulfonamides is 1. The van der Waals surface area contributed by atoms with Gasteiger partial charge in [-0.05, 0) is 66.2 Å². The lowest BCUT2D eigenvalue weighted by molar-refractivity contribution is -0.136. The molecule has 0 radical (unpaired) electrons. The number of rotatable bonds is 7. The molecule has 0 atom stereocenters. The van der Waals surface area contributed by atoms with E-state index in [1.165, 1.54) is 48.3 Å². The van der Waals surface area contributed by atoms with E-state index in [1.54, 1.807) is 54.9 Å². The van der Waals surface area contributed by atoms with Gasteiger partial charge in [-0.1, -0.05) is 35.6 Å². The Bertz CT molecular complexity index is 1760. The van der Waals surface area contributed by atoms with Gasteiger partial charge in [-0.2, -0.15) is 13.2 Å². The van der Waals surface area contributed by atoms with E-state index in [4.69, 9.17) is 0 Å². The molecule has 0 saturated carbocycles. The summed E-state index contributed by atoms with van der Waals surface area (Å²) in [6, 6.07) is 21.1. The van der Waals surface area contributed by atoms with Crippen LogP contribution in [0.2, 0.25) is 0 Å². The number of alkyl halides is 3. The first kappa shape index (κ1) is 27.3. The average Bonchev–Trinajstić information content (AvgIpc) is 3.40. The van der Waals surface area contributed by atoms with Crippen LogP contribution in [0.5, 0.6) is 0 Å². The second-order valence-electron chi connectivity index (χ2n) is 8.73. The molecule has 1 amide bonds. The summed E-state index contributed by atoms with van der Waals surface area (Å²) in [6.45, 7) is 0.0132. The molecular formula is C28H21F3N4O3S2. The smallest absolute Gasteiger partial charge is 0.279 e. The number of anilines is 2. The predicted molar refractivity (Wildman–Crippen MR) is 148 cm³/mol. The first-order chi connectivity index (χ1) is 19.1. The fourth-order valence-corrected chi connectivity index (χ4v) is 6.22. The molecular weight excluding hydrogens is 561 g/mol. The van der Waals surface area contributed by atoms with Gasteiger partial charge in [-0.3, -0.25) is 19.0 Å². The maximum Gasteiger partial charge on any atom is 0.418 e. The number of carbonyl (C=O) groups is 1. The molecule has 0 saturated heterocycles. The molecule has 5 aromatic rings. The summed E-state index contributed by atoms with van der Waals surface area (Å²) in [5.41, 5.74) is 0.169. The van der Waals surface area contributed by atoms with E-state index in [-0.39, 0.29) is 32.4 Å². The Morgan fingerprint density at radius 2 is 1.57 bits per heavy atom. The van der Waals surface area contributed by atoms with E-state index in [2.05, 4.69) is 9.97 Å². The summed E-state index contributed by atoms with van der Waals surface area (Å²) in [7, 11) is -2.47. The van der Waals surface area contributed by atoms with E-state index in [0.29, 0.717) is 11.3 Å². The van der Waals surface area contributed by atoms with Crippen LogP contribution in [-0.4, -0.2) is 31.3 Å². The van der Waals surface area contributed by atoms with Crippen molar-refractivity contribution in [3.63, 3.8) is 0 Å². The molecule has 0 fully saturated rings. The van der Waals surface area contributed by atoms with Gasteiger partial charge in [-0.25, -0.2) is 13.4 Å². The van der Waals surface area contributed by atoms with Crippen molar-refractivity contribution < 1.29 is 26.4 Å². The number of nitrogens with zero attached hydrogens (tertiary/aromatic N) is 4. The number of halogens is 3. The Kier molecular flexibility index (Phi) is 7.30. The maximum atomic E-state index is 13.7. The number of aromatic nitrogens is 2. The Morgan fingerprint density at radius 3 is 2.23 bits per heavy atom. The molecule has 7 nitrogen and oxygen atoms in total. The van der Waals surface area contributed by atoms with Gasteiger partial charge in [0.15, 0.2) is 5.13 Å². The van der Waals surface area contributed by atoms with Crippen LogP contribution in [-0.2, 0) is 22.7 Å². The zero-order chi connectivity index (χ0) is 28.5. The first-order valence-electron chi connectivity index (χ1n) is 11.9. The largest absolute Gasteiger partial charge is 0.418 e. The number of amides is 1. The standard InChI is InChI=1S/C28H21F3N4O3S2/c1-34(21-6-3-2-4-7-21)40(37,38)22-12-10-20(11-13-22)26(36)35(18-19-14-16-32-17-15-19)27-33-25-23(28(29,30)31)8-5-9-24(25)39-27/h2-17H,18H2,1H3. The zero-order valence-electron chi connectivity index (χ0n) is 20.9. The van der Waals surface area contributed by atoms with E-state index in [0.717, 1.165) is 21.7 Å². The van der Waals surface area contributed by atoms with E-state index >= 15 is 0 Å². The lowest BCUT2D eigenvalue weighted by Gasteiger charge is -2.21. The van der Waals surface area contributed by atoms with Crippen LogP contribution in [0, 0.1) is 0 Å². The van der Waals surface area contributed by atoms with Crippen molar-refractivity contribution >= 4 is 48.3 Å². The Labute approximate surface area is 232 Å². The van der Waals surface area contributed by atoms with Gasteiger partial charge in [0, 0.05) is 25.0 Å². The summed E-state index contributed by atoms with van der Waals surface area (Å²) in [6.07, 6.45) is -1.53. The first-order valence-corrected chi connectivity index (χ1v) is 14.1. The summed E-state index contributed by atoms with van der Waals surface area (Å²) in [5.74, 6) is -0.551. The zero-order valence-corrected chi connectivity index (χ0v) is 22.5. The summed E-state index contributed by atoms with van der Waals surface area (Å²) < 4.78 is 68.6. The van der Waals surface area contributed by atoms with Crippen molar-refractivity contribution in [2.45, 2.75) is 17.6 Å². The predicted octanol–water partition coefficient (Wildman–Crippen LogP) is 6.38. The number of pyridine rings is 1. The van der Waals surface area contributed by atoms with E-state index < -0.39 is 27.7 Å². The quantitative estimate of drug-likeness (QED) is 0.222. The minimum atomic E-state index is -4.61. The third-order valence-corrected chi connectivity index (χ3v) is 9.00. The third kappa shape index (κ3) is 5.40. The van der Waals surface area contributed by atoms with Gasteiger partial charge < -0.3 is 0 Å². The highest BCUT2D eigenvalue weighted by molar-refractivity contribution is 7.92. The summed E-state index contributed by atoms with van der Waals surface area (Å²) >= 11 is 0.963. The van der Waals surface area contributed by atoms with E-state index in [1.807, 2.05) is 0 Å². The van der Waals surface area contributed by atoms with Gasteiger partial charge in [-0.15, -0.1) is 0 Å². The van der Waals surface area contributed by atoms with Gasteiger partial charge in [0.1, 0.15) is 0 Å². The molecule has 0 spiro atoms. The minimum absolute atomic E-state index is 0.0132. The van der Waals surface area contributed by atoms with Crippen LogP contribution in [0.3, 0.4) is 0 Å². The highest BCUT2D eigenvalue weighted by Crippen LogP contribution is 2.39. The van der Waals surface area contributed by atoms with Crippen molar-refractivity contribution in [3.8, 4) is 0 Å². The normalized spacial score (nSPS) is 11.9. The number of fused-ring (bicyclic) bond motifs is 1. The topological polar surface area (TPSA) is 83.5 Å². The summed E-state index contributed by atoms with van der Waals surface area (Å²) in [5, 5.41) is 0.0778. The Hall–Kier alpha value is -4.29. The highest BCUT2D eigenvalue weighted by atomic mass is 32.2. The van der Waals surface area contributed by atoms with Crippen molar-refractivity contribution in [1.29, 1.82) is 0 Å². The Balaban J connectivity index is 1.51. The number of hydrogen-bond donors (Lipinski definition) is 0. The second kappa shape index (κ2) is 10.7. The van der Waals surface area contributed by atoms with Crippen molar-refractivity contribution in [3.05, 3.63) is 114 Å². The van der Waals surface area contributed by atoms with Crippen LogP contribution in [0.25, 0.3) is 10.2 Å². The van der Waals surface area contributed by atoms with Crippen LogP contribution in [0.1, 0.15) is 21.5 Å². The van der Waals surface area contributed by atoms with Crippen molar-refractivity contribution in [2.75, 3.05) is 16.3 Å². The van der Waals surface area contributed by atoms with Gasteiger partial charge in [0.05, 0.1) is 32.9 Å². The van der Waals surface area contributed by atoms with Crippen molar-refractivity contribution in [1.82, 2.24) is 9.97 Å². The molecule has 204 valence electrons. The lowest BCUT2D eigenvalue weighted by atomic mass is 10.2. The second-order valence-corrected chi connectivity index (χ2v) is 11.7. The molecule has 0 bridgehead atoms.